The predicted octanol–water partition coefficient (Wildman–Crippen LogP) is 0.150. The van der Waals surface area contributed by atoms with Crippen molar-refractivity contribution in [1.29, 1.82) is 0 Å². The summed E-state index contributed by atoms with van der Waals surface area (Å²) in [4.78, 5) is 4.08. The van der Waals surface area contributed by atoms with E-state index in [9.17, 15) is 8.42 Å². The molecular weight excluding hydrogens is 228 g/mol. The minimum absolute atomic E-state index is 0.146. The van der Waals surface area contributed by atoms with E-state index in [0.29, 0.717) is 5.82 Å². The van der Waals surface area contributed by atoms with Crippen molar-refractivity contribution in [1.82, 2.24) is 9.29 Å². The maximum absolute atomic E-state index is 12.1. The Morgan fingerprint density at radius 3 is 2.81 bits per heavy atom. The van der Waals surface area contributed by atoms with Gasteiger partial charge in [0.05, 0.1) is 4.90 Å². The first-order valence-electron chi connectivity index (χ1n) is 4.96. The molecule has 0 amide bonds. The summed E-state index contributed by atoms with van der Waals surface area (Å²) in [7, 11) is -1.81. The highest BCUT2D eigenvalue weighted by Crippen LogP contribution is 2.30. The topological polar surface area (TPSA) is 88.3 Å². The molecule has 0 unspecified atom stereocenters. The lowest BCUT2D eigenvalue weighted by molar-refractivity contribution is 0.464. The van der Waals surface area contributed by atoms with Crippen molar-refractivity contribution in [3.05, 3.63) is 18.3 Å². The molecule has 1 aliphatic rings. The Bertz CT molecular complexity index is 484. The van der Waals surface area contributed by atoms with Crippen LogP contribution in [0.3, 0.4) is 0 Å². The molecule has 88 valence electrons. The van der Waals surface area contributed by atoms with Gasteiger partial charge in [-0.3, -0.25) is 0 Å². The second kappa shape index (κ2) is 4.00. The number of aromatic nitrogens is 1. The van der Waals surface area contributed by atoms with Crippen LogP contribution in [0.1, 0.15) is 12.8 Å². The van der Waals surface area contributed by atoms with E-state index in [1.54, 1.807) is 7.05 Å². The van der Waals surface area contributed by atoms with Crippen molar-refractivity contribution >= 4 is 15.8 Å². The van der Waals surface area contributed by atoms with Crippen LogP contribution >= 0.6 is 0 Å². The van der Waals surface area contributed by atoms with E-state index < -0.39 is 10.0 Å². The summed E-state index contributed by atoms with van der Waals surface area (Å²) in [6, 6.07) is 3.04. The van der Waals surface area contributed by atoms with Crippen LogP contribution in [0.15, 0.2) is 23.2 Å². The van der Waals surface area contributed by atoms with Crippen molar-refractivity contribution in [3.8, 4) is 0 Å². The molecule has 0 radical (unpaired) electrons. The van der Waals surface area contributed by atoms with Crippen LogP contribution in [0, 0.1) is 0 Å². The Morgan fingerprint density at radius 2 is 2.25 bits per heavy atom. The molecule has 1 aromatic rings. The van der Waals surface area contributed by atoms with Crippen LogP contribution in [-0.4, -0.2) is 30.8 Å². The van der Waals surface area contributed by atoms with Gasteiger partial charge in [0.25, 0.3) is 0 Å². The summed E-state index contributed by atoms with van der Waals surface area (Å²) in [5.41, 5.74) is 2.33. The highest BCUT2D eigenvalue weighted by atomic mass is 32.2. The third-order valence-corrected chi connectivity index (χ3v) is 4.52. The smallest absolute Gasteiger partial charge is 0.243 e. The molecule has 0 spiro atoms. The van der Waals surface area contributed by atoms with E-state index in [-0.39, 0.29) is 10.9 Å². The molecule has 3 N–H and O–H groups in total. The third kappa shape index (κ3) is 2.01. The largest absolute Gasteiger partial charge is 0.308 e. The minimum Gasteiger partial charge on any atom is -0.308 e. The SMILES string of the molecule is CN(C1CC1)S(=O)(=O)c1ccnc(NN)c1. The molecule has 6 nitrogen and oxygen atoms in total. The summed E-state index contributed by atoms with van der Waals surface area (Å²) in [5.74, 6) is 5.53. The Morgan fingerprint density at radius 1 is 1.56 bits per heavy atom. The van der Waals surface area contributed by atoms with Gasteiger partial charge < -0.3 is 5.43 Å². The van der Waals surface area contributed by atoms with E-state index in [4.69, 9.17) is 5.84 Å². The van der Waals surface area contributed by atoms with Gasteiger partial charge in [0.1, 0.15) is 5.82 Å². The Balaban J connectivity index is 2.34. The predicted molar refractivity (Wildman–Crippen MR) is 60.0 cm³/mol. The Labute approximate surface area is 94.5 Å². The first-order valence-corrected chi connectivity index (χ1v) is 6.40. The number of anilines is 1. The third-order valence-electron chi connectivity index (χ3n) is 2.62. The lowest BCUT2D eigenvalue weighted by Gasteiger charge is -2.16. The van der Waals surface area contributed by atoms with E-state index in [1.165, 1.54) is 22.6 Å². The zero-order valence-electron chi connectivity index (χ0n) is 8.92. The summed E-state index contributed by atoms with van der Waals surface area (Å²) in [6.45, 7) is 0. The molecule has 7 heteroatoms. The van der Waals surface area contributed by atoms with Gasteiger partial charge in [-0.25, -0.2) is 19.2 Å². The van der Waals surface area contributed by atoms with Crippen molar-refractivity contribution in [2.24, 2.45) is 5.84 Å². The van der Waals surface area contributed by atoms with Gasteiger partial charge in [0, 0.05) is 25.4 Å². The van der Waals surface area contributed by atoms with E-state index >= 15 is 0 Å². The summed E-state index contributed by atoms with van der Waals surface area (Å²) < 4.78 is 25.6. The Hall–Kier alpha value is -1.18. The highest BCUT2D eigenvalue weighted by molar-refractivity contribution is 7.89. The number of hydrazine groups is 1. The lowest BCUT2D eigenvalue weighted by atomic mass is 10.5. The zero-order valence-corrected chi connectivity index (χ0v) is 9.74. The van der Waals surface area contributed by atoms with Crippen molar-refractivity contribution in [2.45, 2.75) is 23.8 Å². The van der Waals surface area contributed by atoms with Crippen LogP contribution in [0.25, 0.3) is 0 Å². The maximum Gasteiger partial charge on any atom is 0.243 e. The highest BCUT2D eigenvalue weighted by Gasteiger charge is 2.35. The second-order valence-corrected chi connectivity index (χ2v) is 5.77. The van der Waals surface area contributed by atoms with Crippen molar-refractivity contribution < 1.29 is 8.42 Å². The fourth-order valence-electron chi connectivity index (χ4n) is 1.45. The molecule has 0 bridgehead atoms. The number of nitrogens with zero attached hydrogens (tertiary/aromatic N) is 2. The number of sulfonamides is 1. The van der Waals surface area contributed by atoms with Gasteiger partial charge in [0.2, 0.25) is 10.0 Å². The number of rotatable bonds is 4. The van der Waals surface area contributed by atoms with Crippen molar-refractivity contribution in [3.63, 3.8) is 0 Å². The average Bonchev–Trinajstić information content (AvgIpc) is 3.12. The number of nitrogen functional groups attached to an aromatic ring is 1. The maximum atomic E-state index is 12.1. The first-order chi connectivity index (χ1) is 7.55. The number of nitrogens with one attached hydrogen (secondary N) is 1. The summed E-state index contributed by atoms with van der Waals surface area (Å²) in [6.07, 6.45) is 3.29. The molecule has 0 atom stereocenters. The van der Waals surface area contributed by atoms with Gasteiger partial charge in [-0.15, -0.1) is 0 Å². The van der Waals surface area contributed by atoms with Gasteiger partial charge in [-0.1, -0.05) is 0 Å². The molecule has 2 rings (SSSR count). The van der Waals surface area contributed by atoms with Crippen LogP contribution in [-0.2, 0) is 10.0 Å². The van der Waals surface area contributed by atoms with Gasteiger partial charge >= 0.3 is 0 Å². The molecule has 1 heterocycles. The molecule has 1 saturated carbocycles. The monoisotopic (exact) mass is 242 g/mol. The molecule has 0 aliphatic heterocycles. The quantitative estimate of drug-likeness (QED) is 0.579. The van der Waals surface area contributed by atoms with Crippen LogP contribution < -0.4 is 11.3 Å². The standard InChI is InChI=1S/C9H14N4O2S/c1-13(7-2-3-7)16(14,15)8-4-5-11-9(6-8)12-10/h4-7H,2-3,10H2,1H3,(H,11,12). The Kier molecular flexibility index (Phi) is 2.83. The summed E-state index contributed by atoms with van der Waals surface area (Å²) in [5, 5.41) is 0. The van der Waals surface area contributed by atoms with E-state index in [0.717, 1.165) is 12.8 Å². The van der Waals surface area contributed by atoms with Crippen LogP contribution in [0.2, 0.25) is 0 Å². The number of pyridine rings is 1. The normalized spacial score (nSPS) is 16.4. The van der Waals surface area contributed by atoms with Crippen molar-refractivity contribution in [2.75, 3.05) is 12.5 Å². The number of hydrogen-bond acceptors (Lipinski definition) is 5. The second-order valence-electron chi connectivity index (χ2n) is 3.77. The van der Waals surface area contributed by atoms with E-state index in [2.05, 4.69) is 10.4 Å². The number of nitrogens with two attached hydrogens (primary N) is 1. The number of hydrogen-bond donors (Lipinski definition) is 2. The average molecular weight is 242 g/mol. The van der Waals surface area contributed by atoms with E-state index in [1.807, 2.05) is 0 Å². The zero-order chi connectivity index (χ0) is 11.8. The molecule has 1 aromatic heterocycles. The lowest BCUT2D eigenvalue weighted by Crippen LogP contribution is -2.29. The van der Waals surface area contributed by atoms with Gasteiger partial charge in [-0.2, -0.15) is 4.31 Å². The molecule has 0 saturated heterocycles. The van der Waals surface area contributed by atoms with Crippen LogP contribution in [0.4, 0.5) is 5.82 Å². The molecule has 0 aromatic carbocycles. The fraction of sp³-hybridized carbons (Fsp3) is 0.444. The molecule has 1 aliphatic carbocycles. The van der Waals surface area contributed by atoms with Crippen LogP contribution in [0.5, 0.6) is 0 Å². The molecular formula is C9H14N4O2S. The summed E-state index contributed by atoms with van der Waals surface area (Å²) >= 11 is 0. The van der Waals surface area contributed by atoms with Gasteiger partial charge in [-0.05, 0) is 18.9 Å². The van der Waals surface area contributed by atoms with Gasteiger partial charge in [0.15, 0.2) is 0 Å². The molecule has 1 fully saturated rings. The molecule has 16 heavy (non-hydrogen) atoms. The first kappa shape index (κ1) is 11.3. The fourth-order valence-corrected chi connectivity index (χ4v) is 2.88. The minimum atomic E-state index is -3.41.